The minimum atomic E-state index is -0.963. The molecule has 2 N–H and O–H groups in total. The lowest BCUT2D eigenvalue weighted by Gasteiger charge is -2.07. The number of rotatable bonds is 6. The van der Waals surface area contributed by atoms with Crippen molar-refractivity contribution in [1.82, 2.24) is 10.6 Å². The number of hydrogen-bond acceptors (Lipinski definition) is 8. The van der Waals surface area contributed by atoms with Crippen LogP contribution >= 0.6 is 25.3 Å². The Bertz CT molecular complexity index is 350. The molecule has 2 atom stereocenters. The van der Waals surface area contributed by atoms with Gasteiger partial charge in [0.1, 0.15) is 13.1 Å². The van der Waals surface area contributed by atoms with Crippen LogP contribution in [0.2, 0.25) is 0 Å². The average molecular weight is 324 g/mol. The van der Waals surface area contributed by atoms with E-state index in [2.05, 4.69) is 45.7 Å². The lowest BCUT2D eigenvalue weighted by Crippen LogP contribution is -2.37. The maximum absolute atomic E-state index is 11.1. The molecule has 0 aliphatic heterocycles. The first-order valence-corrected chi connectivity index (χ1v) is 6.59. The van der Waals surface area contributed by atoms with Gasteiger partial charge in [-0.3, -0.25) is 9.59 Å². The molecular weight excluding hydrogens is 308 g/mol. The summed E-state index contributed by atoms with van der Waals surface area (Å²) in [7, 11) is 0. The third-order valence-corrected chi connectivity index (χ3v) is 2.27. The van der Waals surface area contributed by atoms with Crippen molar-refractivity contribution >= 4 is 49.0 Å². The Kier molecular flexibility index (Phi) is 8.81. The molecule has 2 unspecified atom stereocenters. The van der Waals surface area contributed by atoms with Crippen molar-refractivity contribution < 1.29 is 29.0 Å². The minimum Gasteiger partial charge on any atom is -0.344 e. The molecule has 0 aromatic heterocycles. The van der Waals surface area contributed by atoms with Crippen LogP contribution in [0.15, 0.2) is 0 Å². The fourth-order valence-corrected chi connectivity index (χ4v) is 0.948. The Morgan fingerprint density at radius 1 is 0.850 bits per heavy atom. The Labute approximate surface area is 126 Å². The van der Waals surface area contributed by atoms with Gasteiger partial charge in [0, 0.05) is 0 Å². The number of hydrogen-bond donors (Lipinski definition) is 4. The summed E-state index contributed by atoms with van der Waals surface area (Å²) in [4.78, 5) is 52.6. The topological polar surface area (TPSA) is 111 Å². The van der Waals surface area contributed by atoms with E-state index in [-0.39, 0.29) is 0 Å². The molecule has 0 spiro atoms. The van der Waals surface area contributed by atoms with Gasteiger partial charge in [0.05, 0.1) is 10.5 Å². The van der Waals surface area contributed by atoms with Crippen molar-refractivity contribution in [2.24, 2.45) is 0 Å². The zero-order chi connectivity index (χ0) is 15.7. The van der Waals surface area contributed by atoms with Crippen LogP contribution < -0.4 is 10.6 Å². The summed E-state index contributed by atoms with van der Waals surface area (Å²) in [5, 5.41) is 3.26. The fraction of sp³-hybridized carbons (Fsp3) is 0.600. The molecule has 0 aliphatic rings. The lowest BCUT2D eigenvalue weighted by atomic mass is 10.4. The molecule has 0 saturated heterocycles. The number of carbonyl (C=O) groups is 4. The van der Waals surface area contributed by atoms with Gasteiger partial charge in [-0.1, -0.05) is 0 Å². The normalized spacial score (nSPS) is 12.8. The second-order valence-corrected chi connectivity index (χ2v) is 5.25. The van der Waals surface area contributed by atoms with Gasteiger partial charge in [0.25, 0.3) is 0 Å². The molecule has 0 aliphatic carbocycles. The Morgan fingerprint density at radius 2 is 1.15 bits per heavy atom. The van der Waals surface area contributed by atoms with Crippen molar-refractivity contribution in [1.29, 1.82) is 0 Å². The standard InChI is InChI=1S/C10H16N2O6S2/c1-5(19)9(15)11-3-7(13)17-18-8(14)4-12-10(16)6(2)20/h5-6,19-20H,3-4H2,1-2H3,(H,11,15)(H,12,16). The Morgan fingerprint density at radius 3 is 1.40 bits per heavy atom. The molecular formula is C10H16N2O6S2. The SMILES string of the molecule is CC(S)C(=O)NCC(=O)OOC(=O)CNC(=O)C(C)S. The third kappa shape index (κ3) is 8.64. The van der Waals surface area contributed by atoms with E-state index < -0.39 is 47.3 Å². The summed E-state index contributed by atoms with van der Waals surface area (Å²) in [6, 6.07) is 0. The third-order valence-electron chi connectivity index (χ3n) is 1.80. The summed E-state index contributed by atoms with van der Waals surface area (Å²) in [5.74, 6) is -2.86. The summed E-state index contributed by atoms with van der Waals surface area (Å²) in [5.41, 5.74) is 0. The average Bonchev–Trinajstić information content (AvgIpc) is 2.39. The highest BCUT2D eigenvalue weighted by atomic mass is 32.1. The van der Waals surface area contributed by atoms with Crippen LogP contribution in [0.1, 0.15) is 13.8 Å². The summed E-state index contributed by atoms with van der Waals surface area (Å²) >= 11 is 7.70. The van der Waals surface area contributed by atoms with Crippen LogP contribution in [0, 0.1) is 0 Å². The molecule has 0 fully saturated rings. The molecule has 8 nitrogen and oxygen atoms in total. The maximum atomic E-state index is 11.1. The second kappa shape index (κ2) is 9.48. The van der Waals surface area contributed by atoms with Gasteiger partial charge in [-0.2, -0.15) is 25.3 Å². The molecule has 20 heavy (non-hydrogen) atoms. The Hall–Kier alpha value is -1.42. The molecule has 0 aromatic rings. The van der Waals surface area contributed by atoms with Crippen LogP contribution in [0.4, 0.5) is 0 Å². The molecule has 0 saturated carbocycles. The van der Waals surface area contributed by atoms with Crippen molar-refractivity contribution in [3.63, 3.8) is 0 Å². The van der Waals surface area contributed by atoms with Crippen LogP contribution in [0.25, 0.3) is 0 Å². The van der Waals surface area contributed by atoms with E-state index in [0.29, 0.717) is 0 Å². The first-order valence-electron chi connectivity index (χ1n) is 5.55. The molecule has 0 aromatic carbocycles. The Balaban J connectivity index is 3.81. The summed E-state index contributed by atoms with van der Waals surface area (Å²) in [6.45, 7) is 2.12. The predicted octanol–water partition coefficient (Wildman–Crippen LogP) is -1.14. The fourth-order valence-electron chi connectivity index (χ4n) is 0.766. The van der Waals surface area contributed by atoms with Crippen LogP contribution in [-0.2, 0) is 29.0 Å². The van der Waals surface area contributed by atoms with Crippen molar-refractivity contribution in [3.8, 4) is 0 Å². The van der Waals surface area contributed by atoms with Crippen LogP contribution in [-0.4, -0.2) is 47.3 Å². The van der Waals surface area contributed by atoms with Gasteiger partial charge in [0.2, 0.25) is 11.8 Å². The van der Waals surface area contributed by atoms with Crippen molar-refractivity contribution in [3.05, 3.63) is 0 Å². The van der Waals surface area contributed by atoms with E-state index in [9.17, 15) is 19.2 Å². The number of carbonyl (C=O) groups excluding carboxylic acids is 4. The predicted molar refractivity (Wildman–Crippen MR) is 75.1 cm³/mol. The quantitative estimate of drug-likeness (QED) is 0.279. The highest BCUT2D eigenvalue weighted by molar-refractivity contribution is 7.82. The van der Waals surface area contributed by atoms with Gasteiger partial charge >= 0.3 is 11.9 Å². The molecule has 0 heterocycles. The summed E-state index contributed by atoms with van der Waals surface area (Å²) in [6.07, 6.45) is 0. The van der Waals surface area contributed by atoms with Crippen LogP contribution in [0.3, 0.4) is 0 Å². The van der Waals surface area contributed by atoms with Gasteiger partial charge in [-0.25, -0.2) is 19.4 Å². The van der Waals surface area contributed by atoms with Gasteiger partial charge in [-0.05, 0) is 13.8 Å². The van der Waals surface area contributed by atoms with E-state index in [4.69, 9.17) is 0 Å². The number of amides is 2. The van der Waals surface area contributed by atoms with E-state index >= 15 is 0 Å². The van der Waals surface area contributed by atoms with Gasteiger partial charge in [0.15, 0.2) is 0 Å². The zero-order valence-corrected chi connectivity index (χ0v) is 12.7. The first kappa shape index (κ1) is 18.6. The van der Waals surface area contributed by atoms with Crippen molar-refractivity contribution in [2.75, 3.05) is 13.1 Å². The second-order valence-electron chi connectivity index (χ2n) is 3.70. The molecule has 0 rings (SSSR count). The maximum Gasteiger partial charge on any atom is 0.374 e. The lowest BCUT2D eigenvalue weighted by molar-refractivity contribution is -0.257. The van der Waals surface area contributed by atoms with Crippen LogP contribution in [0.5, 0.6) is 0 Å². The highest BCUT2D eigenvalue weighted by Gasteiger charge is 2.14. The minimum absolute atomic E-state index is 0.461. The van der Waals surface area contributed by atoms with Crippen molar-refractivity contribution in [2.45, 2.75) is 24.3 Å². The number of nitrogens with one attached hydrogen (secondary N) is 2. The first-order chi connectivity index (χ1) is 9.23. The van der Waals surface area contributed by atoms with Gasteiger partial charge < -0.3 is 10.6 Å². The van der Waals surface area contributed by atoms with E-state index in [1.165, 1.54) is 13.8 Å². The largest absolute Gasteiger partial charge is 0.374 e. The molecule has 114 valence electrons. The molecule has 0 bridgehead atoms. The summed E-state index contributed by atoms with van der Waals surface area (Å²) < 4.78 is 0. The van der Waals surface area contributed by atoms with E-state index in [1.54, 1.807) is 0 Å². The smallest absolute Gasteiger partial charge is 0.344 e. The monoisotopic (exact) mass is 324 g/mol. The molecule has 0 radical (unpaired) electrons. The number of thiol groups is 2. The van der Waals surface area contributed by atoms with Gasteiger partial charge in [-0.15, -0.1) is 0 Å². The van der Waals surface area contributed by atoms with E-state index in [1.807, 2.05) is 0 Å². The molecule has 10 heteroatoms. The van der Waals surface area contributed by atoms with E-state index in [0.717, 1.165) is 0 Å². The molecule has 2 amide bonds. The zero-order valence-electron chi connectivity index (χ0n) is 10.9. The highest BCUT2D eigenvalue weighted by Crippen LogP contribution is 1.92.